The smallest absolute Gasteiger partial charge is 0.278 e. The van der Waals surface area contributed by atoms with E-state index in [4.69, 9.17) is 4.74 Å². The molecule has 0 spiro atoms. The van der Waals surface area contributed by atoms with Crippen LogP contribution in [0.15, 0.2) is 90.6 Å². The maximum absolute atomic E-state index is 13.7. The zero-order valence-electron chi connectivity index (χ0n) is 19.9. The summed E-state index contributed by atoms with van der Waals surface area (Å²) in [5.74, 6) is 0.201. The van der Waals surface area contributed by atoms with Gasteiger partial charge >= 0.3 is 0 Å². The lowest BCUT2D eigenvalue weighted by molar-refractivity contribution is -0.138. The molecule has 0 saturated heterocycles. The van der Waals surface area contributed by atoms with Gasteiger partial charge in [0.1, 0.15) is 11.4 Å². The van der Waals surface area contributed by atoms with E-state index in [1.54, 1.807) is 0 Å². The molecular formula is C29H30N2O3. The second-order valence-corrected chi connectivity index (χ2v) is 8.60. The van der Waals surface area contributed by atoms with E-state index >= 15 is 0 Å². The van der Waals surface area contributed by atoms with Crippen molar-refractivity contribution in [1.82, 2.24) is 9.80 Å². The Hall–Kier alpha value is -3.86. The molecule has 0 aromatic heterocycles. The molecule has 0 atom stereocenters. The maximum atomic E-state index is 13.7. The molecule has 0 bridgehead atoms. The topological polar surface area (TPSA) is 49.9 Å². The van der Waals surface area contributed by atoms with E-state index in [-0.39, 0.29) is 24.5 Å². The number of amides is 2. The number of carbonyl (C=O) groups is 2. The fourth-order valence-electron chi connectivity index (χ4n) is 4.15. The second-order valence-electron chi connectivity index (χ2n) is 8.60. The molecule has 0 aliphatic carbocycles. The highest BCUT2D eigenvalue weighted by molar-refractivity contribution is 6.35. The zero-order valence-corrected chi connectivity index (χ0v) is 19.9. The Morgan fingerprint density at radius 1 is 0.794 bits per heavy atom. The Balaban J connectivity index is 1.74. The normalized spacial score (nSPS) is 13.7. The minimum absolute atomic E-state index is 0.0538. The van der Waals surface area contributed by atoms with Gasteiger partial charge in [0, 0.05) is 13.1 Å². The summed E-state index contributed by atoms with van der Waals surface area (Å²) in [6.45, 7) is 7.33. The van der Waals surface area contributed by atoms with Gasteiger partial charge in [-0.05, 0) is 49.6 Å². The van der Waals surface area contributed by atoms with Crippen LogP contribution in [0, 0.1) is 0 Å². The van der Waals surface area contributed by atoms with Gasteiger partial charge in [-0.15, -0.1) is 0 Å². The van der Waals surface area contributed by atoms with Gasteiger partial charge in [0.15, 0.2) is 0 Å². The summed E-state index contributed by atoms with van der Waals surface area (Å²) in [6, 6.07) is 27.0. The van der Waals surface area contributed by atoms with Crippen LogP contribution in [0.4, 0.5) is 0 Å². The molecule has 0 unspecified atom stereocenters. The first-order valence-corrected chi connectivity index (χ1v) is 11.7. The van der Waals surface area contributed by atoms with Gasteiger partial charge in [-0.1, -0.05) is 72.8 Å². The first-order valence-electron chi connectivity index (χ1n) is 11.7. The summed E-state index contributed by atoms with van der Waals surface area (Å²) in [6.07, 6.45) is 0.0538. The molecule has 3 aromatic rings. The van der Waals surface area contributed by atoms with Crippen molar-refractivity contribution < 1.29 is 14.3 Å². The SMILES string of the molecule is CCN(Cc1ccccc1)C1=C(c2ccc(OC(C)C)cc2)C(=O)N(Cc2ccccc2)C1=O. The Bertz CT molecular complexity index is 1170. The average molecular weight is 455 g/mol. The van der Waals surface area contributed by atoms with Crippen molar-refractivity contribution in [2.75, 3.05) is 6.54 Å². The zero-order chi connectivity index (χ0) is 24.1. The number of nitrogens with zero attached hydrogens (tertiary/aromatic N) is 2. The van der Waals surface area contributed by atoms with Crippen LogP contribution in [0.2, 0.25) is 0 Å². The minimum Gasteiger partial charge on any atom is -0.491 e. The van der Waals surface area contributed by atoms with Crippen LogP contribution in [0.1, 0.15) is 37.5 Å². The van der Waals surface area contributed by atoms with Crippen molar-refractivity contribution in [3.63, 3.8) is 0 Å². The van der Waals surface area contributed by atoms with Crippen LogP contribution in [0.3, 0.4) is 0 Å². The van der Waals surface area contributed by atoms with Crippen molar-refractivity contribution in [2.24, 2.45) is 0 Å². The molecule has 174 valence electrons. The summed E-state index contributed by atoms with van der Waals surface area (Å²) >= 11 is 0. The third-order valence-corrected chi connectivity index (χ3v) is 5.76. The molecule has 3 aromatic carbocycles. The molecule has 0 saturated carbocycles. The van der Waals surface area contributed by atoms with E-state index in [0.29, 0.717) is 29.9 Å². The first-order chi connectivity index (χ1) is 16.5. The van der Waals surface area contributed by atoms with E-state index in [1.807, 2.05) is 111 Å². The van der Waals surface area contributed by atoms with Crippen LogP contribution in [-0.4, -0.2) is 34.3 Å². The number of carbonyl (C=O) groups excluding carboxylic acids is 2. The molecule has 4 rings (SSSR count). The second kappa shape index (κ2) is 10.4. The lowest BCUT2D eigenvalue weighted by Crippen LogP contribution is -2.34. The molecule has 34 heavy (non-hydrogen) atoms. The molecule has 0 N–H and O–H groups in total. The average Bonchev–Trinajstić information content (AvgIpc) is 3.09. The molecule has 0 radical (unpaired) electrons. The predicted molar refractivity (Wildman–Crippen MR) is 134 cm³/mol. The van der Waals surface area contributed by atoms with Gasteiger partial charge in [0.05, 0.1) is 18.2 Å². The highest BCUT2D eigenvalue weighted by atomic mass is 16.5. The first kappa shape index (κ1) is 23.3. The maximum Gasteiger partial charge on any atom is 0.278 e. The van der Waals surface area contributed by atoms with Gasteiger partial charge in [-0.2, -0.15) is 0 Å². The minimum atomic E-state index is -0.270. The van der Waals surface area contributed by atoms with Gasteiger partial charge in [0.25, 0.3) is 11.8 Å². The van der Waals surface area contributed by atoms with Gasteiger partial charge in [-0.25, -0.2) is 0 Å². The molecule has 5 nitrogen and oxygen atoms in total. The van der Waals surface area contributed by atoms with E-state index in [9.17, 15) is 9.59 Å². The molecule has 5 heteroatoms. The molecule has 0 fully saturated rings. The lowest BCUT2D eigenvalue weighted by atomic mass is 10.0. The van der Waals surface area contributed by atoms with E-state index in [1.165, 1.54) is 4.90 Å². The molecule has 1 aliphatic rings. The number of hydrogen-bond donors (Lipinski definition) is 0. The van der Waals surface area contributed by atoms with Crippen molar-refractivity contribution >= 4 is 17.4 Å². The van der Waals surface area contributed by atoms with Crippen LogP contribution < -0.4 is 4.74 Å². The number of ether oxygens (including phenoxy) is 1. The van der Waals surface area contributed by atoms with Crippen LogP contribution >= 0.6 is 0 Å². The molecule has 1 aliphatic heterocycles. The van der Waals surface area contributed by atoms with E-state index < -0.39 is 0 Å². The number of hydrogen-bond acceptors (Lipinski definition) is 4. The van der Waals surface area contributed by atoms with Crippen molar-refractivity contribution in [2.45, 2.75) is 40.0 Å². The Labute approximate surface area is 201 Å². The summed E-state index contributed by atoms with van der Waals surface area (Å²) in [5, 5.41) is 0. The fourth-order valence-corrected chi connectivity index (χ4v) is 4.15. The highest BCUT2D eigenvalue weighted by Gasteiger charge is 2.41. The van der Waals surface area contributed by atoms with Crippen molar-refractivity contribution in [3.05, 3.63) is 107 Å². The molecular weight excluding hydrogens is 424 g/mol. The summed E-state index contributed by atoms with van der Waals surface area (Å²) < 4.78 is 5.77. The third-order valence-electron chi connectivity index (χ3n) is 5.76. The quantitative estimate of drug-likeness (QED) is 0.413. The Morgan fingerprint density at radius 2 is 1.38 bits per heavy atom. The van der Waals surface area contributed by atoms with E-state index in [2.05, 4.69) is 0 Å². The number of rotatable bonds is 9. The van der Waals surface area contributed by atoms with Gasteiger partial charge < -0.3 is 9.64 Å². The lowest BCUT2D eigenvalue weighted by Gasteiger charge is -2.25. The van der Waals surface area contributed by atoms with Crippen LogP contribution in [0.25, 0.3) is 5.57 Å². The summed E-state index contributed by atoms with van der Waals surface area (Å²) in [5.41, 5.74) is 3.60. The van der Waals surface area contributed by atoms with Gasteiger partial charge in [-0.3, -0.25) is 14.5 Å². The van der Waals surface area contributed by atoms with Crippen molar-refractivity contribution in [1.29, 1.82) is 0 Å². The monoisotopic (exact) mass is 454 g/mol. The Morgan fingerprint density at radius 3 is 1.94 bits per heavy atom. The van der Waals surface area contributed by atoms with Gasteiger partial charge in [0.2, 0.25) is 0 Å². The highest BCUT2D eigenvalue weighted by Crippen LogP contribution is 2.34. The number of benzene rings is 3. The van der Waals surface area contributed by atoms with Crippen molar-refractivity contribution in [3.8, 4) is 5.75 Å². The number of imide groups is 1. The Kier molecular flexibility index (Phi) is 7.12. The molecule has 2 amide bonds. The van der Waals surface area contributed by atoms with Crippen LogP contribution in [-0.2, 0) is 22.7 Å². The molecule has 1 heterocycles. The predicted octanol–water partition coefficient (Wildman–Crippen LogP) is 5.28. The summed E-state index contributed by atoms with van der Waals surface area (Å²) in [4.78, 5) is 30.7. The fraction of sp³-hybridized carbons (Fsp3) is 0.241. The summed E-state index contributed by atoms with van der Waals surface area (Å²) in [7, 11) is 0. The largest absolute Gasteiger partial charge is 0.491 e. The van der Waals surface area contributed by atoms with Crippen LogP contribution in [0.5, 0.6) is 5.75 Å². The number of likely N-dealkylation sites (N-methyl/N-ethyl adjacent to an activating group) is 1. The van der Waals surface area contributed by atoms with E-state index in [0.717, 1.165) is 16.9 Å². The standard InChI is InChI=1S/C29H30N2O3/c1-4-30(19-22-11-7-5-8-12-22)27-26(24-15-17-25(18-16-24)34-21(2)3)28(32)31(29(27)33)20-23-13-9-6-10-14-23/h5-18,21H,4,19-20H2,1-3H3. The third kappa shape index (κ3) is 5.04.